The second-order valence-corrected chi connectivity index (χ2v) is 16.3. The maximum atomic E-state index is 12.7. The average molecular weight is 925 g/mol. The number of benzene rings is 3. The second kappa shape index (κ2) is 28.0. The highest BCUT2D eigenvalue weighted by atomic mass is 16.5. The molecule has 362 valence electrons. The van der Waals surface area contributed by atoms with Crippen LogP contribution in [-0.4, -0.2) is 128 Å². The predicted octanol–water partition coefficient (Wildman–Crippen LogP) is 7.40. The van der Waals surface area contributed by atoms with Crippen molar-refractivity contribution in [2.45, 2.75) is 84.9 Å². The Balaban J connectivity index is 0.000000477. The lowest BCUT2D eigenvalue weighted by Crippen LogP contribution is -2.40. The quantitative estimate of drug-likeness (QED) is 0.0763. The number of hydrogen-bond acceptors (Lipinski definition) is 11. The first kappa shape index (κ1) is 51.7. The number of rotatable bonds is 15. The molecular weight excluding hydrogens is 857 g/mol. The molecule has 67 heavy (non-hydrogen) atoms. The van der Waals surface area contributed by atoms with E-state index in [9.17, 15) is 19.2 Å². The number of aromatic nitrogens is 4. The van der Waals surface area contributed by atoms with E-state index in [2.05, 4.69) is 82.5 Å². The third kappa shape index (κ3) is 15.6. The van der Waals surface area contributed by atoms with Crippen LogP contribution in [0.2, 0.25) is 0 Å². The van der Waals surface area contributed by atoms with Crippen molar-refractivity contribution in [3.8, 4) is 39.4 Å². The number of hydrogen-bond donors (Lipinski definition) is 4. The molecule has 4 N–H and O–H groups in total. The molecular formula is C50H68N8O9. The Morgan fingerprint density at radius 1 is 0.716 bits per heavy atom. The fourth-order valence-electron chi connectivity index (χ4n) is 7.74. The van der Waals surface area contributed by atoms with Crippen LogP contribution in [0.3, 0.4) is 0 Å². The Morgan fingerprint density at radius 2 is 1.25 bits per heavy atom. The normalized spacial score (nSPS) is 13.6. The van der Waals surface area contributed by atoms with Gasteiger partial charge in [0.05, 0.1) is 50.5 Å². The predicted molar refractivity (Wildman–Crippen MR) is 257 cm³/mol. The van der Waals surface area contributed by atoms with E-state index in [1.165, 1.54) is 45.6 Å². The SMILES string of the molecule is C1CCOCC1.C1CCOCC1.CCCN(Cc1ncc(-c2ccc3c4c(ccc3c2)-c2ccc(-c3cnc(CN(CCC)C(=O)CNC(=O)OC)[nH]3)cc2CO4)[nH]1)C(=O)CNC=O.COC. The molecule has 0 atom stereocenters. The summed E-state index contributed by atoms with van der Waals surface area (Å²) in [6, 6.07) is 16.6. The van der Waals surface area contributed by atoms with Crippen molar-refractivity contribution in [1.82, 2.24) is 40.4 Å². The first-order chi connectivity index (χ1) is 32.7. The molecule has 0 spiro atoms. The molecule has 3 aliphatic heterocycles. The van der Waals surface area contributed by atoms with E-state index in [1.54, 1.807) is 36.4 Å². The Kier molecular flexibility index (Phi) is 21.6. The fourth-order valence-corrected chi connectivity index (χ4v) is 7.74. The summed E-state index contributed by atoms with van der Waals surface area (Å²) in [5.41, 5.74) is 6.74. The minimum absolute atomic E-state index is 0.0474. The molecule has 2 saturated heterocycles. The molecule has 0 radical (unpaired) electrons. The van der Waals surface area contributed by atoms with Crippen LogP contribution in [0, 0.1) is 0 Å². The van der Waals surface area contributed by atoms with Crippen LogP contribution < -0.4 is 15.4 Å². The van der Waals surface area contributed by atoms with Crippen molar-refractivity contribution in [1.29, 1.82) is 0 Å². The van der Waals surface area contributed by atoms with E-state index in [4.69, 9.17) is 14.2 Å². The van der Waals surface area contributed by atoms with Crippen LogP contribution in [0.5, 0.6) is 5.75 Å². The maximum Gasteiger partial charge on any atom is 0.407 e. The number of fused-ring (bicyclic) bond motifs is 5. The molecule has 2 aromatic heterocycles. The first-order valence-corrected chi connectivity index (χ1v) is 23.2. The van der Waals surface area contributed by atoms with Gasteiger partial charge in [-0.3, -0.25) is 14.4 Å². The number of H-pyrrole nitrogens is 2. The highest BCUT2D eigenvalue weighted by molar-refractivity contribution is 5.98. The smallest absolute Gasteiger partial charge is 0.407 e. The summed E-state index contributed by atoms with van der Waals surface area (Å²) in [6.07, 6.45) is 12.8. The van der Waals surface area contributed by atoms with Crippen molar-refractivity contribution < 1.29 is 42.9 Å². The zero-order valence-electron chi connectivity index (χ0n) is 39.7. The Labute approximate surface area is 393 Å². The van der Waals surface area contributed by atoms with Gasteiger partial charge in [0.1, 0.15) is 30.5 Å². The Bertz CT molecular complexity index is 2290. The third-order valence-corrected chi connectivity index (χ3v) is 11.1. The summed E-state index contributed by atoms with van der Waals surface area (Å²) in [5, 5.41) is 6.91. The van der Waals surface area contributed by atoms with Crippen LogP contribution in [0.25, 0.3) is 44.4 Å². The third-order valence-electron chi connectivity index (χ3n) is 11.1. The summed E-state index contributed by atoms with van der Waals surface area (Å²) < 4.78 is 25.3. The van der Waals surface area contributed by atoms with Crippen molar-refractivity contribution in [3.63, 3.8) is 0 Å². The molecule has 5 heterocycles. The molecule has 8 rings (SSSR count). The number of aromatic amines is 2. The van der Waals surface area contributed by atoms with Gasteiger partial charge < -0.3 is 54.1 Å². The van der Waals surface area contributed by atoms with Crippen molar-refractivity contribution in [2.24, 2.45) is 0 Å². The lowest BCUT2D eigenvalue weighted by atomic mass is 9.92. The average Bonchev–Trinajstić information content (AvgIpc) is 4.06. The molecule has 3 aromatic carbocycles. The molecule has 17 nitrogen and oxygen atoms in total. The van der Waals surface area contributed by atoms with Gasteiger partial charge in [0.15, 0.2) is 0 Å². The summed E-state index contributed by atoms with van der Waals surface area (Å²) in [6.45, 7) is 9.88. The number of nitrogens with one attached hydrogen (secondary N) is 4. The summed E-state index contributed by atoms with van der Waals surface area (Å²) >= 11 is 0. The van der Waals surface area contributed by atoms with Gasteiger partial charge in [-0.15, -0.1) is 0 Å². The van der Waals surface area contributed by atoms with Crippen LogP contribution in [0.4, 0.5) is 4.79 Å². The van der Waals surface area contributed by atoms with Gasteiger partial charge in [-0.2, -0.15) is 0 Å². The topological polar surface area (TPSA) is 202 Å². The van der Waals surface area contributed by atoms with Gasteiger partial charge in [-0.1, -0.05) is 44.2 Å². The number of carbonyl (C=O) groups is 4. The first-order valence-electron chi connectivity index (χ1n) is 23.2. The van der Waals surface area contributed by atoms with E-state index < -0.39 is 6.09 Å². The van der Waals surface area contributed by atoms with Gasteiger partial charge in [-0.05, 0) is 91.6 Å². The standard InChI is InChI=1S/C38H42N8O6.2C5H10O.C2H6O/c1-4-12-45(35(48)18-39-23-47)20-33-40-16-31(43-33)25-8-10-29-24(14-25)6-11-30-28-9-7-26(15-27(28)22-52-37(29)30)32-17-41-34(44-32)21-46(13-5-2)36(49)19-42-38(50)51-3;2*1-2-4-6-5-3-1;1-3-2/h6-11,14-17,23H,4-5,12-13,18-22H2,1-3H3,(H,39,47)(H,40,43)(H,41,44)(H,42,50);2*1-5H2;1-2H3. The number of carbonyl (C=O) groups excluding carboxylic acids is 4. The van der Waals surface area contributed by atoms with E-state index in [1.807, 2.05) is 19.9 Å². The minimum Gasteiger partial charge on any atom is -0.488 e. The van der Waals surface area contributed by atoms with Crippen LogP contribution in [0.1, 0.15) is 82.4 Å². The molecule has 5 aromatic rings. The molecule has 4 amide bonds. The zero-order valence-corrected chi connectivity index (χ0v) is 39.7. The summed E-state index contributed by atoms with van der Waals surface area (Å²) in [7, 11) is 4.51. The number of nitrogens with zero attached hydrogens (tertiary/aromatic N) is 4. The Hall–Kier alpha value is -6.30. The number of amides is 4. The van der Waals surface area contributed by atoms with Crippen molar-refractivity contribution in [3.05, 3.63) is 78.1 Å². The lowest BCUT2D eigenvalue weighted by molar-refractivity contribution is -0.132. The molecule has 0 bridgehead atoms. The maximum absolute atomic E-state index is 12.7. The van der Waals surface area contributed by atoms with Crippen LogP contribution >= 0.6 is 0 Å². The van der Waals surface area contributed by atoms with E-state index in [0.717, 1.165) is 95.0 Å². The van der Waals surface area contributed by atoms with Gasteiger partial charge in [0, 0.05) is 70.2 Å². The molecule has 0 aliphatic carbocycles. The van der Waals surface area contributed by atoms with Crippen LogP contribution in [-0.2, 0) is 53.0 Å². The number of imidazole rings is 2. The molecule has 17 heteroatoms. The zero-order chi connectivity index (χ0) is 47.8. The van der Waals surface area contributed by atoms with Gasteiger partial charge >= 0.3 is 6.09 Å². The lowest BCUT2D eigenvalue weighted by Gasteiger charge is -2.23. The number of alkyl carbamates (subject to hydrolysis) is 1. The molecule has 0 unspecified atom stereocenters. The fraction of sp³-hybridized carbons (Fsp3) is 0.480. The van der Waals surface area contributed by atoms with E-state index in [-0.39, 0.29) is 31.4 Å². The van der Waals surface area contributed by atoms with Crippen molar-refractivity contribution in [2.75, 3.05) is 73.9 Å². The van der Waals surface area contributed by atoms with E-state index >= 15 is 0 Å². The minimum atomic E-state index is -0.652. The van der Waals surface area contributed by atoms with Gasteiger partial charge in [0.25, 0.3) is 0 Å². The van der Waals surface area contributed by atoms with E-state index in [0.29, 0.717) is 44.3 Å². The second-order valence-electron chi connectivity index (χ2n) is 16.3. The van der Waals surface area contributed by atoms with Gasteiger partial charge in [-0.25, -0.2) is 14.8 Å². The van der Waals surface area contributed by atoms with Crippen molar-refractivity contribution >= 4 is 35.1 Å². The van der Waals surface area contributed by atoms with Gasteiger partial charge in [0.2, 0.25) is 18.2 Å². The summed E-state index contributed by atoms with van der Waals surface area (Å²) in [5.74, 6) is 1.75. The van der Waals surface area contributed by atoms with Crippen LogP contribution in [0.15, 0.2) is 60.9 Å². The largest absolute Gasteiger partial charge is 0.488 e. The monoisotopic (exact) mass is 925 g/mol. The Morgan fingerprint density at radius 3 is 1.76 bits per heavy atom. The number of ether oxygens (including phenoxy) is 5. The highest BCUT2D eigenvalue weighted by Gasteiger charge is 2.22. The molecule has 0 saturated carbocycles. The number of methoxy groups -OCH3 is 2. The molecule has 2 fully saturated rings. The summed E-state index contributed by atoms with van der Waals surface area (Å²) in [4.78, 5) is 66.4. The highest BCUT2D eigenvalue weighted by Crippen LogP contribution is 2.44. The molecule has 3 aliphatic rings.